The maximum atomic E-state index is 12.9. The van der Waals surface area contributed by atoms with Crippen molar-refractivity contribution in [1.82, 2.24) is 23.5 Å². The third-order valence-electron chi connectivity index (χ3n) is 6.19. The standard InChI is InChI=1S/C19H29N5O3S2/c1-13-4-6-23(7-5-13)29(26,27)24-10-8-22(9-11-24)12-16-20-18(25)17-14(2)15(3)28-19(17)21-16/h13H,4-12H2,1-3H3,(H,20,21,25). The molecule has 4 heterocycles. The molecule has 0 spiro atoms. The minimum atomic E-state index is -3.37. The maximum Gasteiger partial charge on any atom is 0.282 e. The highest BCUT2D eigenvalue weighted by atomic mass is 32.2. The second-order valence-corrected chi connectivity index (χ2v) is 11.4. The summed E-state index contributed by atoms with van der Waals surface area (Å²) in [5.74, 6) is 1.24. The molecule has 1 N–H and O–H groups in total. The Labute approximate surface area is 175 Å². The lowest BCUT2D eigenvalue weighted by molar-refractivity contribution is 0.167. The number of nitrogens with one attached hydrogen (secondary N) is 1. The summed E-state index contributed by atoms with van der Waals surface area (Å²) in [7, 11) is -3.37. The van der Waals surface area contributed by atoms with Gasteiger partial charge >= 0.3 is 0 Å². The molecule has 2 fully saturated rings. The minimum absolute atomic E-state index is 0.0904. The molecule has 0 atom stereocenters. The first-order valence-electron chi connectivity index (χ1n) is 10.2. The average molecular weight is 440 g/mol. The lowest BCUT2D eigenvalue weighted by Gasteiger charge is -2.38. The van der Waals surface area contributed by atoms with Gasteiger partial charge in [0.05, 0.1) is 11.9 Å². The van der Waals surface area contributed by atoms with Gasteiger partial charge in [0.1, 0.15) is 10.7 Å². The number of aromatic nitrogens is 2. The Hall–Kier alpha value is -1.33. The third kappa shape index (κ3) is 4.13. The minimum Gasteiger partial charge on any atom is -0.309 e. The van der Waals surface area contributed by atoms with Crippen LogP contribution in [0.2, 0.25) is 0 Å². The van der Waals surface area contributed by atoms with Crippen LogP contribution in [0.1, 0.15) is 36.0 Å². The number of aromatic amines is 1. The molecular formula is C19H29N5O3S2. The van der Waals surface area contributed by atoms with Gasteiger partial charge in [-0.1, -0.05) is 6.92 Å². The Kier molecular flexibility index (Phi) is 5.82. The van der Waals surface area contributed by atoms with Crippen molar-refractivity contribution in [2.24, 2.45) is 5.92 Å². The van der Waals surface area contributed by atoms with E-state index in [2.05, 4.69) is 21.8 Å². The van der Waals surface area contributed by atoms with E-state index in [0.717, 1.165) is 28.1 Å². The summed E-state index contributed by atoms with van der Waals surface area (Å²) in [4.78, 5) is 24.0. The quantitative estimate of drug-likeness (QED) is 0.783. The van der Waals surface area contributed by atoms with E-state index in [1.165, 1.54) is 0 Å². The number of rotatable bonds is 4. The monoisotopic (exact) mass is 439 g/mol. The summed E-state index contributed by atoms with van der Waals surface area (Å²) in [6.45, 7) is 10.1. The van der Waals surface area contributed by atoms with Gasteiger partial charge in [0, 0.05) is 44.1 Å². The normalized spacial score (nSPS) is 21.2. The number of hydrogen-bond acceptors (Lipinski definition) is 6. The Morgan fingerprint density at radius 1 is 1.07 bits per heavy atom. The molecule has 2 aromatic heterocycles. The predicted octanol–water partition coefficient (Wildman–Crippen LogP) is 1.70. The Morgan fingerprint density at radius 3 is 2.34 bits per heavy atom. The SMILES string of the molecule is Cc1sc2nc(CN3CCN(S(=O)(=O)N4CCC(C)CC4)CC3)[nH]c(=O)c2c1C. The topological polar surface area (TPSA) is 89.6 Å². The molecule has 0 radical (unpaired) electrons. The molecule has 0 aliphatic carbocycles. The zero-order chi connectivity index (χ0) is 20.8. The molecule has 0 amide bonds. The second-order valence-electron chi connectivity index (χ2n) is 8.24. The van der Waals surface area contributed by atoms with E-state index in [1.807, 2.05) is 13.8 Å². The first-order valence-corrected chi connectivity index (χ1v) is 12.4. The van der Waals surface area contributed by atoms with E-state index < -0.39 is 10.2 Å². The van der Waals surface area contributed by atoms with Crippen molar-refractivity contribution in [2.75, 3.05) is 39.3 Å². The van der Waals surface area contributed by atoms with Crippen molar-refractivity contribution in [3.63, 3.8) is 0 Å². The molecule has 2 aromatic rings. The van der Waals surface area contributed by atoms with Crippen LogP contribution >= 0.6 is 11.3 Å². The third-order valence-corrected chi connectivity index (χ3v) is 9.32. The van der Waals surface area contributed by atoms with E-state index in [-0.39, 0.29) is 5.56 Å². The van der Waals surface area contributed by atoms with Crippen LogP contribution in [-0.4, -0.2) is 71.2 Å². The van der Waals surface area contributed by atoms with Gasteiger partial charge < -0.3 is 4.98 Å². The van der Waals surface area contributed by atoms with Crippen LogP contribution in [0.25, 0.3) is 10.2 Å². The van der Waals surface area contributed by atoms with Gasteiger partial charge in [-0.15, -0.1) is 11.3 Å². The molecule has 4 rings (SSSR count). The smallest absolute Gasteiger partial charge is 0.282 e. The largest absolute Gasteiger partial charge is 0.309 e. The van der Waals surface area contributed by atoms with Crippen LogP contribution in [0.3, 0.4) is 0 Å². The van der Waals surface area contributed by atoms with Gasteiger partial charge in [0.15, 0.2) is 0 Å². The molecule has 0 unspecified atom stereocenters. The molecular weight excluding hydrogens is 410 g/mol. The fraction of sp³-hybridized carbons (Fsp3) is 0.684. The van der Waals surface area contributed by atoms with Crippen LogP contribution < -0.4 is 5.56 Å². The van der Waals surface area contributed by atoms with Crippen LogP contribution in [0, 0.1) is 19.8 Å². The van der Waals surface area contributed by atoms with Crippen LogP contribution in [0.15, 0.2) is 4.79 Å². The number of fused-ring (bicyclic) bond motifs is 1. The number of piperazine rings is 1. The molecule has 160 valence electrons. The average Bonchev–Trinajstić information content (AvgIpc) is 2.96. The number of thiophene rings is 1. The Bertz CT molecular complexity index is 1050. The van der Waals surface area contributed by atoms with Gasteiger partial charge in [-0.2, -0.15) is 17.0 Å². The summed E-state index contributed by atoms with van der Waals surface area (Å²) in [6.07, 6.45) is 1.87. The van der Waals surface area contributed by atoms with Crippen LogP contribution in [-0.2, 0) is 16.8 Å². The van der Waals surface area contributed by atoms with Gasteiger partial charge in [-0.25, -0.2) is 4.98 Å². The Morgan fingerprint density at radius 2 is 1.69 bits per heavy atom. The van der Waals surface area contributed by atoms with E-state index in [1.54, 1.807) is 19.9 Å². The van der Waals surface area contributed by atoms with Crippen molar-refractivity contribution in [3.05, 3.63) is 26.6 Å². The highest BCUT2D eigenvalue weighted by Crippen LogP contribution is 2.26. The number of nitrogens with zero attached hydrogens (tertiary/aromatic N) is 4. The maximum absolute atomic E-state index is 12.9. The molecule has 29 heavy (non-hydrogen) atoms. The summed E-state index contributed by atoms with van der Waals surface area (Å²) in [5, 5.41) is 0.683. The number of piperidine rings is 1. The lowest BCUT2D eigenvalue weighted by atomic mass is 10.0. The van der Waals surface area contributed by atoms with E-state index in [0.29, 0.717) is 62.9 Å². The second kappa shape index (κ2) is 8.07. The lowest BCUT2D eigenvalue weighted by Crippen LogP contribution is -2.54. The summed E-state index contributed by atoms with van der Waals surface area (Å²) in [5.41, 5.74) is 0.906. The molecule has 2 saturated heterocycles. The zero-order valence-corrected chi connectivity index (χ0v) is 18.9. The molecule has 0 aromatic carbocycles. The Balaban J connectivity index is 1.40. The first-order chi connectivity index (χ1) is 13.8. The van der Waals surface area contributed by atoms with Crippen molar-refractivity contribution in [1.29, 1.82) is 0 Å². The molecule has 0 bridgehead atoms. The highest BCUT2D eigenvalue weighted by Gasteiger charge is 2.34. The molecule has 2 aliphatic rings. The number of hydrogen-bond donors (Lipinski definition) is 1. The fourth-order valence-electron chi connectivity index (χ4n) is 4.08. The summed E-state index contributed by atoms with van der Waals surface area (Å²) in [6, 6.07) is 0. The number of aryl methyl sites for hydroxylation is 2. The molecule has 2 aliphatic heterocycles. The van der Waals surface area contributed by atoms with Gasteiger partial charge in [0.2, 0.25) is 0 Å². The first kappa shape index (κ1) is 20.9. The summed E-state index contributed by atoms with van der Waals surface area (Å²) < 4.78 is 29.1. The van der Waals surface area contributed by atoms with Gasteiger partial charge in [-0.3, -0.25) is 9.69 Å². The van der Waals surface area contributed by atoms with Crippen molar-refractivity contribution >= 4 is 31.8 Å². The zero-order valence-electron chi connectivity index (χ0n) is 17.3. The van der Waals surface area contributed by atoms with Crippen molar-refractivity contribution < 1.29 is 8.42 Å². The van der Waals surface area contributed by atoms with E-state index in [9.17, 15) is 13.2 Å². The van der Waals surface area contributed by atoms with Gasteiger partial charge in [0.25, 0.3) is 15.8 Å². The fourth-order valence-corrected chi connectivity index (χ4v) is 6.76. The van der Waals surface area contributed by atoms with Crippen LogP contribution in [0.5, 0.6) is 0 Å². The van der Waals surface area contributed by atoms with Crippen molar-refractivity contribution in [2.45, 2.75) is 40.2 Å². The number of H-pyrrole nitrogens is 1. The molecule has 10 heteroatoms. The van der Waals surface area contributed by atoms with Gasteiger partial charge in [-0.05, 0) is 38.2 Å². The molecule has 8 nitrogen and oxygen atoms in total. The molecule has 0 saturated carbocycles. The highest BCUT2D eigenvalue weighted by molar-refractivity contribution is 7.86. The van der Waals surface area contributed by atoms with E-state index >= 15 is 0 Å². The predicted molar refractivity (Wildman–Crippen MR) is 115 cm³/mol. The van der Waals surface area contributed by atoms with E-state index in [4.69, 9.17) is 0 Å². The van der Waals surface area contributed by atoms with Crippen molar-refractivity contribution in [3.8, 4) is 0 Å². The summed E-state index contributed by atoms with van der Waals surface area (Å²) >= 11 is 1.55. The van der Waals surface area contributed by atoms with Crippen LogP contribution in [0.4, 0.5) is 0 Å².